The zero-order valence-electron chi connectivity index (χ0n) is 11.0. The Morgan fingerprint density at radius 2 is 2.29 bits per heavy atom. The van der Waals surface area contributed by atoms with Crippen molar-refractivity contribution in [3.05, 3.63) is 40.6 Å². The smallest absolute Gasteiger partial charge is 0.261 e. The second-order valence-electron chi connectivity index (χ2n) is 4.19. The van der Waals surface area contributed by atoms with Gasteiger partial charge in [0.1, 0.15) is 10.6 Å². The topological polar surface area (TPSA) is 93.8 Å². The van der Waals surface area contributed by atoms with E-state index < -0.39 is 5.91 Å². The van der Waals surface area contributed by atoms with Gasteiger partial charge in [-0.2, -0.15) is 0 Å². The highest BCUT2D eigenvalue weighted by atomic mass is 32.1. The number of pyridine rings is 1. The van der Waals surface area contributed by atoms with Crippen LogP contribution in [0.25, 0.3) is 10.6 Å². The number of nitrogens with zero attached hydrogens (tertiary/aromatic N) is 3. The lowest BCUT2D eigenvalue weighted by Crippen LogP contribution is -2.10. The van der Waals surface area contributed by atoms with Gasteiger partial charge in [-0.25, -0.2) is 9.97 Å². The zero-order chi connectivity index (χ0) is 14.8. The van der Waals surface area contributed by atoms with Crippen LogP contribution >= 0.6 is 22.7 Å². The maximum Gasteiger partial charge on any atom is 0.261 e. The summed E-state index contributed by atoms with van der Waals surface area (Å²) in [4.78, 5) is 25.6. The van der Waals surface area contributed by atoms with Crippen LogP contribution in [0.5, 0.6) is 0 Å². The third-order valence-electron chi connectivity index (χ3n) is 2.72. The van der Waals surface area contributed by atoms with Crippen LogP contribution in [0.15, 0.2) is 30.0 Å². The standard InChI is InChI=1S/C13H11N5OS2/c1-7-10(20-6-16-7)9-11(12(14)19)21-13(18-9)17-8-3-2-4-15-5-8/h2-6H,1H3,(H2,14,19)(H,17,18). The van der Waals surface area contributed by atoms with E-state index in [0.29, 0.717) is 15.7 Å². The largest absolute Gasteiger partial charge is 0.365 e. The lowest BCUT2D eigenvalue weighted by atomic mass is 10.2. The molecular weight excluding hydrogens is 306 g/mol. The third kappa shape index (κ3) is 2.76. The Morgan fingerprint density at radius 3 is 2.90 bits per heavy atom. The Kier molecular flexibility index (Phi) is 3.63. The summed E-state index contributed by atoms with van der Waals surface area (Å²) in [5, 5.41) is 3.72. The number of rotatable bonds is 4. The van der Waals surface area contributed by atoms with Crippen LogP contribution < -0.4 is 11.1 Å². The number of hydrogen-bond donors (Lipinski definition) is 2. The quantitative estimate of drug-likeness (QED) is 0.771. The molecule has 0 aliphatic heterocycles. The minimum atomic E-state index is -0.491. The monoisotopic (exact) mass is 317 g/mol. The SMILES string of the molecule is Cc1ncsc1-c1nc(Nc2cccnc2)sc1C(N)=O. The van der Waals surface area contributed by atoms with Gasteiger partial charge >= 0.3 is 0 Å². The maximum absolute atomic E-state index is 11.6. The number of thiazole rings is 2. The lowest BCUT2D eigenvalue weighted by molar-refractivity contribution is 0.100. The highest BCUT2D eigenvalue weighted by Gasteiger charge is 2.20. The van der Waals surface area contributed by atoms with Gasteiger partial charge < -0.3 is 11.1 Å². The van der Waals surface area contributed by atoms with E-state index in [1.807, 2.05) is 19.1 Å². The van der Waals surface area contributed by atoms with Crippen molar-refractivity contribution in [1.82, 2.24) is 15.0 Å². The Hall–Kier alpha value is -2.32. The molecule has 0 aromatic carbocycles. The van der Waals surface area contributed by atoms with Crippen LogP contribution in [0.1, 0.15) is 15.4 Å². The first-order chi connectivity index (χ1) is 10.1. The number of nitrogens with two attached hydrogens (primary N) is 1. The van der Waals surface area contributed by atoms with Gasteiger partial charge in [-0.3, -0.25) is 9.78 Å². The molecule has 3 heterocycles. The number of amides is 1. The van der Waals surface area contributed by atoms with Gasteiger partial charge in [0.05, 0.1) is 28.0 Å². The number of primary amides is 1. The van der Waals surface area contributed by atoms with Crippen LogP contribution in [0.3, 0.4) is 0 Å². The molecule has 0 bridgehead atoms. The number of aromatic nitrogens is 3. The number of aryl methyl sites for hydroxylation is 1. The van der Waals surface area contributed by atoms with Crippen molar-refractivity contribution in [2.75, 3.05) is 5.32 Å². The lowest BCUT2D eigenvalue weighted by Gasteiger charge is -1.99. The summed E-state index contributed by atoms with van der Waals surface area (Å²) in [5.41, 5.74) is 9.40. The maximum atomic E-state index is 11.6. The van der Waals surface area contributed by atoms with Crippen molar-refractivity contribution in [2.24, 2.45) is 5.73 Å². The molecule has 0 aliphatic rings. The fraction of sp³-hybridized carbons (Fsp3) is 0.0769. The molecule has 0 radical (unpaired) electrons. The van der Waals surface area contributed by atoms with Crippen molar-refractivity contribution >= 4 is 39.4 Å². The van der Waals surface area contributed by atoms with Crippen molar-refractivity contribution in [2.45, 2.75) is 6.92 Å². The summed E-state index contributed by atoms with van der Waals surface area (Å²) in [7, 11) is 0. The van der Waals surface area contributed by atoms with Crippen LogP contribution in [0, 0.1) is 6.92 Å². The molecule has 8 heteroatoms. The molecule has 0 fully saturated rings. The number of nitrogens with one attached hydrogen (secondary N) is 1. The highest BCUT2D eigenvalue weighted by molar-refractivity contribution is 7.19. The van der Waals surface area contributed by atoms with E-state index in [2.05, 4.69) is 20.3 Å². The molecule has 21 heavy (non-hydrogen) atoms. The zero-order valence-corrected chi connectivity index (χ0v) is 12.7. The summed E-state index contributed by atoms with van der Waals surface area (Å²) < 4.78 is 0. The molecule has 3 rings (SSSR count). The van der Waals surface area contributed by atoms with E-state index in [1.165, 1.54) is 22.7 Å². The van der Waals surface area contributed by atoms with Gasteiger partial charge in [-0.15, -0.1) is 11.3 Å². The van der Waals surface area contributed by atoms with Crippen LogP contribution in [-0.4, -0.2) is 20.9 Å². The second-order valence-corrected chi connectivity index (χ2v) is 6.05. The Bertz CT molecular complexity index is 781. The summed E-state index contributed by atoms with van der Waals surface area (Å²) in [6, 6.07) is 3.69. The van der Waals surface area contributed by atoms with Crippen molar-refractivity contribution in [3.63, 3.8) is 0 Å². The van der Waals surface area contributed by atoms with E-state index in [4.69, 9.17) is 5.73 Å². The average molecular weight is 317 g/mol. The molecule has 106 valence electrons. The van der Waals surface area contributed by atoms with Crippen molar-refractivity contribution < 1.29 is 4.79 Å². The molecule has 0 atom stereocenters. The van der Waals surface area contributed by atoms with Crippen molar-refractivity contribution in [3.8, 4) is 10.6 Å². The molecular formula is C13H11N5OS2. The molecule has 3 N–H and O–H groups in total. The fourth-order valence-electron chi connectivity index (χ4n) is 1.78. The summed E-state index contributed by atoms with van der Waals surface area (Å²) in [5.74, 6) is -0.491. The average Bonchev–Trinajstić information content (AvgIpc) is 3.06. The number of hydrogen-bond acceptors (Lipinski definition) is 7. The minimum absolute atomic E-state index is 0.425. The molecule has 0 saturated carbocycles. The summed E-state index contributed by atoms with van der Waals surface area (Å²) in [6.07, 6.45) is 3.37. The van der Waals surface area contributed by atoms with E-state index >= 15 is 0 Å². The molecule has 0 spiro atoms. The summed E-state index contributed by atoms with van der Waals surface area (Å²) in [6.45, 7) is 1.88. The molecule has 0 unspecified atom stereocenters. The predicted octanol–water partition coefficient (Wildman–Crippen LogP) is 2.81. The van der Waals surface area contributed by atoms with Gasteiger partial charge in [0.15, 0.2) is 5.13 Å². The van der Waals surface area contributed by atoms with Crippen LogP contribution in [0.4, 0.5) is 10.8 Å². The van der Waals surface area contributed by atoms with Crippen LogP contribution in [-0.2, 0) is 0 Å². The van der Waals surface area contributed by atoms with Gasteiger partial charge in [-0.05, 0) is 19.1 Å². The van der Waals surface area contributed by atoms with Gasteiger partial charge in [0.25, 0.3) is 5.91 Å². The number of carbonyl (C=O) groups excluding carboxylic acids is 1. The first-order valence-electron chi connectivity index (χ1n) is 6.03. The minimum Gasteiger partial charge on any atom is -0.365 e. The molecule has 3 aromatic heterocycles. The van der Waals surface area contributed by atoms with Crippen molar-refractivity contribution in [1.29, 1.82) is 0 Å². The van der Waals surface area contributed by atoms with E-state index in [0.717, 1.165) is 16.3 Å². The van der Waals surface area contributed by atoms with Gasteiger partial charge in [0, 0.05) is 6.20 Å². The summed E-state index contributed by atoms with van der Waals surface area (Å²) >= 11 is 2.66. The first-order valence-corrected chi connectivity index (χ1v) is 7.73. The van der Waals surface area contributed by atoms with E-state index in [1.54, 1.807) is 17.9 Å². The Labute approximate surface area is 128 Å². The van der Waals surface area contributed by atoms with E-state index in [9.17, 15) is 4.79 Å². The third-order valence-corrected chi connectivity index (χ3v) is 4.64. The van der Waals surface area contributed by atoms with E-state index in [-0.39, 0.29) is 0 Å². The molecule has 0 aliphatic carbocycles. The van der Waals surface area contributed by atoms with Crippen LogP contribution in [0.2, 0.25) is 0 Å². The Morgan fingerprint density at radius 1 is 1.43 bits per heavy atom. The molecule has 0 saturated heterocycles. The highest BCUT2D eigenvalue weighted by Crippen LogP contribution is 2.35. The molecule has 6 nitrogen and oxygen atoms in total. The predicted molar refractivity (Wildman–Crippen MR) is 84.0 cm³/mol. The Balaban J connectivity index is 2.01. The molecule has 3 aromatic rings. The molecule has 1 amide bonds. The number of carbonyl (C=O) groups is 1. The van der Waals surface area contributed by atoms with Gasteiger partial charge in [-0.1, -0.05) is 11.3 Å². The second kappa shape index (κ2) is 5.58. The van der Waals surface area contributed by atoms with Gasteiger partial charge in [0.2, 0.25) is 0 Å². The number of anilines is 2. The fourth-order valence-corrected chi connectivity index (χ4v) is 3.49. The normalized spacial score (nSPS) is 10.5. The first kappa shape index (κ1) is 13.7.